The highest BCUT2D eigenvalue weighted by atomic mass is 16.5. The summed E-state index contributed by atoms with van der Waals surface area (Å²) in [7, 11) is 1.53. The number of anilines is 1. The van der Waals surface area contributed by atoms with Crippen molar-refractivity contribution in [3.8, 4) is 5.75 Å². The first-order valence-corrected chi connectivity index (χ1v) is 4.49. The number of aliphatic hydroxyl groups is 2. The summed E-state index contributed by atoms with van der Waals surface area (Å²) in [6.45, 7) is 1.25. The van der Waals surface area contributed by atoms with Crippen LogP contribution < -0.4 is 10.1 Å². The number of hydrogen-bond donors (Lipinski definition) is 3. The highest BCUT2D eigenvalue weighted by molar-refractivity contribution is 5.30. The van der Waals surface area contributed by atoms with Crippen molar-refractivity contribution >= 4 is 5.95 Å². The Kier molecular flexibility index (Phi) is 3.81. The maximum absolute atomic E-state index is 9.04. The summed E-state index contributed by atoms with van der Waals surface area (Å²) in [5, 5.41) is 20.9. The third-order valence-corrected chi connectivity index (χ3v) is 1.98. The molecule has 6 nitrogen and oxygen atoms in total. The van der Waals surface area contributed by atoms with Crippen LogP contribution in [0.15, 0.2) is 12.4 Å². The van der Waals surface area contributed by atoms with Gasteiger partial charge in [-0.1, -0.05) is 0 Å². The van der Waals surface area contributed by atoms with Gasteiger partial charge in [0.15, 0.2) is 5.75 Å². The standard InChI is InChI=1S/C9H15N3O3/c1-9(5-13,6-14)12-8-10-3-7(15-2)4-11-8/h3-4,13-14H,5-6H2,1-2H3,(H,10,11,12). The molecule has 0 spiro atoms. The molecule has 0 aliphatic carbocycles. The smallest absolute Gasteiger partial charge is 0.223 e. The first kappa shape index (κ1) is 11.7. The van der Waals surface area contributed by atoms with Gasteiger partial charge in [-0.15, -0.1) is 0 Å². The van der Waals surface area contributed by atoms with E-state index in [1.165, 1.54) is 19.5 Å². The van der Waals surface area contributed by atoms with E-state index in [-0.39, 0.29) is 13.2 Å². The maximum atomic E-state index is 9.04. The molecule has 3 N–H and O–H groups in total. The van der Waals surface area contributed by atoms with Crippen LogP contribution >= 0.6 is 0 Å². The average Bonchev–Trinajstić information content (AvgIpc) is 2.30. The first-order chi connectivity index (χ1) is 7.13. The summed E-state index contributed by atoms with van der Waals surface area (Å²) in [6.07, 6.45) is 3.01. The fourth-order valence-electron chi connectivity index (χ4n) is 0.885. The Morgan fingerprint density at radius 3 is 2.27 bits per heavy atom. The molecular weight excluding hydrogens is 198 g/mol. The molecule has 0 saturated heterocycles. The molecule has 1 heterocycles. The van der Waals surface area contributed by atoms with Gasteiger partial charge in [0.25, 0.3) is 0 Å². The number of methoxy groups -OCH3 is 1. The van der Waals surface area contributed by atoms with Gasteiger partial charge >= 0.3 is 0 Å². The number of hydrogen-bond acceptors (Lipinski definition) is 6. The average molecular weight is 213 g/mol. The van der Waals surface area contributed by atoms with Crippen LogP contribution in [0.1, 0.15) is 6.92 Å². The van der Waals surface area contributed by atoms with Crippen molar-refractivity contribution < 1.29 is 14.9 Å². The van der Waals surface area contributed by atoms with Crippen molar-refractivity contribution in [2.75, 3.05) is 25.6 Å². The molecule has 0 bridgehead atoms. The molecule has 6 heteroatoms. The quantitative estimate of drug-likeness (QED) is 0.619. The Bertz CT molecular complexity index is 298. The van der Waals surface area contributed by atoms with Gasteiger partial charge in [0.05, 0.1) is 38.3 Å². The van der Waals surface area contributed by atoms with Crippen molar-refractivity contribution in [2.45, 2.75) is 12.5 Å². The highest BCUT2D eigenvalue weighted by Crippen LogP contribution is 2.12. The lowest BCUT2D eigenvalue weighted by atomic mass is 10.1. The maximum Gasteiger partial charge on any atom is 0.223 e. The second kappa shape index (κ2) is 4.90. The second-order valence-electron chi connectivity index (χ2n) is 3.45. The van der Waals surface area contributed by atoms with E-state index >= 15 is 0 Å². The van der Waals surface area contributed by atoms with E-state index in [2.05, 4.69) is 15.3 Å². The lowest BCUT2D eigenvalue weighted by Gasteiger charge is -2.25. The minimum Gasteiger partial charge on any atom is -0.494 e. The molecule has 0 aromatic carbocycles. The van der Waals surface area contributed by atoms with Crippen molar-refractivity contribution in [1.82, 2.24) is 9.97 Å². The Morgan fingerprint density at radius 1 is 1.33 bits per heavy atom. The zero-order valence-corrected chi connectivity index (χ0v) is 8.77. The Hall–Kier alpha value is -1.40. The van der Waals surface area contributed by atoms with Crippen molar-refractivity contribution in [2.24, 2.45) is 0 Å². The van der Waals surface area contributed by atoms with Crippen LogP contribution in [0.5, 0.6) is 5.75 Å². The van der Waals surface area contributed by atoms with E-state index < -0.39 is 5.54 Å². The molecule has 0 fully saturated rings. The van der Waals surface area contributed by atoms with Crippen LogP contribution in [0.25, 0.3) is 0 Å². The molecule has 0 radical (unpaired) electrons. The first-order valence-electron chi connectivity index (χ1n) is 4.49. The van der Waals surface area contributed by atoms with Gasteiger partial charge in [-0.05, 0) is 6.92 Å². The summed E-state index contributed by atoms with van der Waals surface area (Å²) in [5.41, 5.74) is -0.825. The highest BCUT2D eigenvalue weighted by Gasteiger charge is 2.22. The summed E-state index contributed by atoms with van der Waals surface area (Å²) >= 11 is 0. The Morgan fingerprint density at radius 2 is 1.87 bits per heavy atom. The summed E-state index contributed by atoms with van der Waals surface area (Å²) in [5.74, 6) is 0.886. The van der Waals surface area contributed by atoms with E-state index in [9.17, 15) is 0 Å². The zero-order chi connectivity index (χ0) is 11.3. The third-order valence-electron chi connectivity index (χ3n) is 1.98. The molecule has 1 rings (SSSR count). The third kappa shape index (κ3) is 3.03. The summed E-state index contributed by atoms with van der Waals surface area (Å²) in [6, 6.07) is 0. The minimum absolute atomic E-state index is 0.209. The van der Waals surface area contributed by atoms with Crippen molar-refractivity contribution in [1.29, 1.82) is 0 Å². The van der Waals surface area contributed by atoms with Crippen LogP contribution in [0, 0.1) is 0 Å². The fourth-order valence-corrected chi connectivity index (χ4v) is 0.885. The van der Waals surface area contributed by atoms with Crippen LogP contribution in [-0.4, -0.2) is 46.0 Å². The predicted octanol–water partition coefficient (Wildman–Crippen LogP) is -0.360. The second-order valence-corrected chi connectivity index (χ2v) is 3.45. The molecule has 0 aliphatic heterocycles. The van der Waals surface area contributed by atoms with E-state index in [1.807, 2.05) is 0 Å². The molecule has 1 aromatic heterocycles. The van der Waals surface area contributed by atoms with Gasteiger partial charge in [0, 0.05) is 0 Å². The van der Waals surface area contributed by atoms with E-state index in [0.29, 0.717) is 11.7 Å². The van der Waals surface area contributed by atoms with Gasteiger partial charge in [-0.2, -0.15) is 0 Å². The number of rotatable bonds is 5. The fraction of sp³-hybridized carbons (Fsp3) is 0.556. The summed E-state index contributed by atoms with van der Waals surface area (Å²) < 4.78 is 4.90. The number of nitrogens with zero attached hydrogens (tertiary/aromatic N) is 2. The molecule has 0 amide bonds. The Labute approximate surface area is 87.9 Å². The van der Waals surface area contributed by atoms with Gasteiger partial charge in [0.2, 0.25) is 5.95 Å². The molecular formula is C9H15N3O3. The Balaban J connectivity index is 2.71. The summed E-state index contributed by atoms with van der Waals surface area (Å²) in [4.78, 5) is 7.92. The van der Waals surface area contributed by atoms with Crippen LogP contribution in [0.4, 0.5) is 5.95 Å². The number of aliphatic hydroxyl groups excluding tert-OH is 2. The van der Waals surface area contributed by atoms with Gasteiger partial charge < -0.3 is 20.3 Å². The molecule has 1 aromatic rings. The molecule has 0 unspecified atom stereocenters. The number of nitrogens with one attached hydrogen (secondary N) is 1. The van der Waals surface area contributed by atoms with Crippen molar-refractivity contribution in [3.63, 3.8) is 0 Å². The molecule has 0 saturated carbocycles. The van der Waals surface area contributed by atoms with Crippen LogP contribution in [0.2, 0.25) is 0 Å². The SMILES string of the molecule is COc1cnc(NC(C)(CO)CO)nc1. The van der Waals surface area contributed by atoms with Crippen LogP contribution in [-0.2, 0) is 0 Å². The number of ether oxygens (including phenoxy) is 1. The largest absolute Gasteiger partial charge is 0.494 e. The van der Waals surface area contributed by atoms with E-state index in [4.69, 9.17) is 14.9 Å². The van der Waals surface area contributed by atoms with Crippen LogP contribution in [0.3, 0.4) is 0 Å². The topological polar surface area (TPSA) is 87.5 Å². The minimum atomic E-state index is -0.825. The van der Waals surface area contributed by atoms with Gasteiger partial charge in [-0.25, -0.2) is 9.97 Å². The number of aromatic nitrogens is 2. The zero-order valence-electron chi connectivity index (χ0n) is 8.77. The van der Waals surface area contributed by atoms with E-state index in [1.54, 1.807) is 6.92 Å². The van der Waals surface area contributed by atoms with Gasteiger partial charge in [-0.3, -0.25) is 0 Å². The molecule has 15 heavy (non-hydrogen) atoms. The van der Waals surface area contributed by atoms with E-state index in [0.717, 1.165) is 0 Å². The lowest BCUT2D eigenvalue weighted by Crippen LogP contribution is -2.43. The monoisotopic (exact) mass is 213 g/mol. The molecule has 0 atom stereocenters. The normalized spacial score (nSPS) is 11.2. The molecule has 84 valence electrons. The lowest BCUT2D eigenvalue weighted by molar-refractivity contribution is 0.147. The predicted molar refractivity (Wildman–Crippen MR) is 54.8 cm³/mol. The molecule has 0 aliphatic rings. The van der Waals surface area contributed by atoms with Gasteiger partial charge in [0.1, 0.15) is 0 Å². The van der Waals surface area contributed by atoms with Crippen molar-refractivity contribution in [3.05, 3.63) is 12.4 Å².